The molecule has 110 valence electrons. The van der Waals surface area contributed by atoms with Crippen molar-refractivity contribution in [2.24, 2.45) is 4.99 Å². The van der Waals surface area contributed by atoms with Crippen molar-refractivity contribution in [3.63, 3.8) is 0 Å². The number of carbonyl (C=O) groups is 1. The maximum atomic E-state index is 13.9. The Kier molecular flexibility index (Phi) is 5.06. The van der Waals surface area contributed by atoms with E-state index in [4.69, 9.17) is 25.7 Å². The second kappa shape index (κ2) is 6.35. The van der Waals surface area contributed by atoms with E-state index in [-0.39, 0.29) is 0 Å². The maximum absolute atomic E-state index is 13.9. The van der Waals surface area contributed by atoms with E-state index in [1.807, 2.05) is 5.32 Å². The van der Waals surface area contributed by atoms with Gasteiger partial charge in [-0.15, -0.1) is 0 Å². The molecule has 0 aromatic carbocycles. The molecule has 1 aliphatic rings. The van der Waals surface area contributed by atoms with Crippen LogP contribution in [0, 0.1) is 16.7 Å². The molecular weight excluding hydrogens is 277 g/mol. The number of halogens is 1. The fraction of sp³-hybridized carbons (Fsp3) is 0.556. The van der Waals surface area contributed by atoms with Gasteiger partial charge in [-0.1, -0.05) is 0 Å². The van der Waals surface area contributed by atoms with Crippen LogP contribution in [0.4, 0.5) is 4.39 Å². The number of carbonyl (C=O) groups excluding carboxylic acids is 1. The van der Waals surface area contributed by atoms with Crippen LogP contribution >= 0.6 is 0 Å². The van der Waals surface area contributed by atoms with Crippen LogP contribution in [0.15, 0.2) is 4.99 Å². The Bertz CT molecular complexity index is 466. The third-order valence-corrected chi connectivity index (χ3v) is 2.48. The molecule has 0 radical (unpaired) electrons. The first-order valence-electron chi connectivity index (χ1n) is 5.27. The Hall–Kier alpha value is -2.13. The van der Waals surface area contributed by atoms with Gasteiger partial charge in [0.05, 0.1) is 12.8 Å². The fourth-order valence-electron chi connectivity index (χ4n) is 1.53. The van der Waals surface area contributed by atoms with Crippen LogP contribution in [0.3, 0.4) is 0 Å². The molecule has 1 rings (SSSR count). The molecule has 0 spiro atoms. The molecule has 1 saturated heterocycles. The first-order chi connectivity index (χ1) is 9.43. The van der Waals surface area contributed by atoms with E-state index in [2.05, 4.69) is 4.99 Å². The first kappa shape index (κ1) is 15.9. The van der Waals surface area contributed by atoms with Crippen LogP contribution in [0.1, 0.15) is 0 Å². The summed E-state index contributed by atoms with van der Waals surface area (Å²) in [6.07, 6.45) is -5.15. The Balaban J connectivity index is 3.08. The molecule has 1 fully saturated rings. The average Bonchev–Trinajstić information content (AvgIpc) is 2.71. The summed E-state index contributed by atoms with van der Waals surface area (Å²) in [7, 11) is 0. The van der Waals surface area contributed by atoms with Crippen molar-refractivity contribution >= 4 is 18.1 Å². The minimum absolute atomic E-state index is 0.347. The van der Waals surface area contributed by atoms with Crippen molar-refractivity contribution < 1.29 is 29.3 Å². The lowest BCUT2D eigenvalue weighted by Crippen LogP contribution is -2.45. The number of hydrogen-bond acceptors (Lipinski definition) is 8. The van der Waals surface area contributed by atoms with Crippen LogP contribution in [0.5, 0.6) is 0 Å². The Morgan fingerprint density at radius 2 is 2.35 bits per heavy atom. The quantitative estimate of drug-likeness (QED) is 0.188. The lowest BCUT2D eigenvalue weighted by Gasteiger charge is -2.19. The van der Waals surface area contributed by atoms with Gasteiger partial charge in [0.2, 0.25) is 5.96 Å². The van der Waals surface area contributed by atoms with Crippen molar-refractivity contribution in [1.29, 1.82) is 10.7 Å². The van der Waals surface area contributed by atoms with E-state index in [9.17, 15) is 14.3 Å². The summed E-state index contributed by atoms with van der Waals surface area (Å²) >= 11 is 0. The normalized spacial score (nSPS) is 33.4. The summed E-state index contributed by atoms with van der Waals surface area (Å²) in [5, 5.41) is 44.5. The number of ether oxygens (including phenoxy) is 1. The third kappa shape index (κ3) is 2.89. The van der Waals surface area contributed by atoms with Gasteiger partial charge >= 0.3 is 0 Å². The summed E-state index contributed by atoms with van der Waals surface area (Å²) in [6, 6.07) is 1.36. The number of hydrogen-bond donors (Lipinski definition) is 6. The average molecular weight is 289 g/mol. The van der Waals surface area contributed by atoms with Crippen molar-refractivity contribution in [3.8, 4) is 6.07 Å². The summed E-state index contributed by atoms with van der Waals surface area (Å²) in [5.74, 6) is -1.76. The van der Waals surface area contributed by atoms with Crippen molar-refractivity contribution in [2.45, 2.75) is 24.1 Å². The van der Waals surface area contributed by atoms with Crippen LogP contribution in [-0.4, -0.2) is 64.2 Å². The number of rotatable bonds is 3. The van der Waals surface area contributed by atoms with Gasteiger partial charge in [0, 0.05) is 0 Å². The molecule has 0 bridgehead atoms. The Morgan fingerprint density at radius 3 is 2.75 bits per heavy atom. The zero-order valence-corrected chi connectivity index (χ0v) is 9.95. The summed E-state index contributed by atoms with van der Waals surface area (Å²) in [4.78, 5) is 14.3. The fourth-order valence-corrected chi connectivity index (χ4v) is 1.53. The summed E-state index contributed by atoms with van der Waals surface area (Å²) in [5.41, 5.74) is -1.15. The first-order valence-corrected chi connectivity index (χ1v) is 5.27. The Labute approximate surface area is 112 Å². The summed E-state index contributed by atoms with van der Waals surface area (Å²) in [6.45, 7) is -0.755. The molecule has 10 nitrogen and oxygen atoms in total. The van der Waals surface area contributed by atoms with Crippen molar-refractivity contribution in [3.05, 3.63) is 0 Å². The number of hydroxylamine groups is 1. The SMILES string of the molecule is N#C[C@@]1(N=C(NO)NC(=O)C=N)O[C@H](CO)[C@@H](O)[C@@H]1F. The summed E-state index contributed by atoms with van der Waals surface area (Å²) < 4.78 is 18.7. The Morgan fingerprint density at radius 1 is 1.70 bits per heavy atom. The smallest absolute Gasteiger partial charge is 0.286 e. The highest BCUT2D eigenvalue weighted by molar-refractivity contribution is 6.28. The van der Waals surface area contributed by atoms with E-state index < -0.39 is 42.6 Å². The molecule has 1 amide bonds. The number of aliphatic imine (C=N–C) groups is 1. The molecule has 0 unspecified atom stereocenters. The van der Waals surface area contributed by atoms with Gasteiger partial charge < -0.3 is 20.4 Å². The lowest BCUT2D eigenvalue weighted by atomic mass is 10.1. The topological polar surface area (TPSA) is 171 Å². The van der Waals surface area contributed by atoms with Gasteiger partial charge in [-0.2, -0.15) is 10.3 Å². The second-order valence-corrected chi connectivity index (χ2v) is 3.75. The van der Waals surface area contributed by atoms with Gasteiger partial charge in [0.1, 0.15) is 18.3 Å². The largest absolute Gasteiger partial charge is 0.394 e. The van der Waals surface area contributed by atoms with Crippen molar-refractivity contribution in [2.75, 3.05) is 6.61 Å². The van der Waals surface area contributed by atoms with Gasteiger partial charge in [-0.05, 0) is 0 Å². The predicted octanol–water partition coefficient (Wildman–Crippen LogP) is -2.60. The van der Waals surface area contributed by atoms with E-state index in [1.54, 1.807) is 0 Å². The van der Waals surface area contributed by atoms with E-state index in [0.29, 0.717) is 6.21 Å². The second-order valence-electron chi connectivity index (χ2n) is 3.75. The van der Waals surface area contributed by atoms with Gasteiger partial charge in [-0.25, -0.2) is 9.87 Å². The third-order valence-electron chi connectivity index (χ3n) is 2.48. The van der Waals surface area contributed by atoms with Crippen molar-refractivity contribution in [1.82, 2.24) is 10.8 Å². The molecule has 11 heteroatoms. The molecule has 6 N–H and O–H groups in total. The lowest BCUT2D eigenvalue weighted by molar-refractivity contribution is -0.113. The molecule has 0 saturated carbocycles. The van der Waals surface area contributed by atoms with Crippen LogP contribution in [0.2, 0.25) is 0 Å². The van der Waals surface area contributed by atoms with Gasteiger partial charge in [-0.3, -0.25) is 15.3 Å². The highest BCUT2D eigenvalue weighted by Crippen LogP contribution is 2.34. The molecule has 0 aliphatic carbocycles. The minimum atomic E-state index is -2.55. The predicted molar refractivity (Wildman–Crippen MR) is 60.5 cm³/mol. The monoisotopic (exact) mass is 289 g/mol. The number of amides is 1. The highest BCUT2D eigenvalue weighted by atomic mass is 19.1. The number of aliphatic hydroxyl groups excluding tert-OH is 2. The molecule has 0 aromatic heterocycles. The van der Waals surface area contributed by atoms with Crippen LogP contribution < -0.4 is 10.8 Å². The van der Waals surface area contributed by atoms with E-state index >= 15 is 0 Å². The van der Waals surface area contributed by atoms with E-state index in [1.165, 1.54) is 11.5 Å². The molecule has 20 heavy (non-hydrogen) atoms. The number of aliphatic hydroxyl groups is 2. The van der Waals surface area contributed by atoms with E-state index in [0.717, 1.165) is 0 Å². The maximum Gasteiger partial charge on any atom is 0.286 e. The zero-order valence-electron chi connectivity index (χ0n) is 9.95. The highest BCUT2D eigenvalue weighted by Gasteiger charge is 2.57. The standard InChI is InChI=1S/C9H12FN5O5/c10-7-6(18)4(2-16)20-9(7,3-12)14-8(15-19)13-5(17)1-11/h1,4,6-7,11,16,18-19H,2H2,(H2,13,14,15,17)/t4-,6-,7+,9-/m1/s1. The number of nitrogens with zero attached hydrogens (tertiary/aromatic N) is 2. The van der Waals surface area contributed by atoms with Crippen LogP contribution in [0.25, 0.3) is 0 Å². The molecule has 1 aliphatic heterocycles. The molecule has 4 atom stereocenters. The van der Waals surface area contributed by atoms with Gasteiger partial charge in [0.25, 0.3) is 11.6 Å². The minimum Gasteiger partial charge on any atom is -0.394 e. The number of nitrogens with one attached hydrogen (secondary N) is 3. The number of nitriles is 1. The van der Waals surface area contributed by atoms with Crippen LogP contribution in [-0.2, 0) is 9.53 Å². The number of guanidine groups is 1. The molecule has 0 aromatic rings. The molecule has 1 heterocycles. The zero-order chi connectivity index (χ0) is 15.3. The number of alkyl halides is 1. The van der Waals surface area contributed by atoms with Gasteiger partial charge in [0.15, 0.2) is 6.17 Å². The molecular formula is C9H12FN5O5.